The average Bonchev–Trinajstić information content (AvgIpc) is 2.86. The van der Waals surface area contributed by atoms with E-state index in [0.717, 1.165) is 17.3 Å². The molecule has 0 unspecified atom stereocenters. The molecule has 5 nitrogen and oxygen atoms in total. The summed E-state index contributed by atoms with van der Waals surface area (Å²) in [6, 6.07) is 6.12. The van der Waals surface area contributed by atoms with Crippen LogP contribution in [0.4, 0.5) is 0 Å². The zero-order valence-corrected chi connectivity index (χ0v) is 12.1. The standard InChI is InChI=1S/C15H21N3O2/c1-12-5-3-6-13-11-17-18(15(12)13)9-7-14(19)16-8-4-10-20-2/h3,5-6,11H,4,7-10H2,1-2H3,(H,16,19). The number of hydrogen-bond donors (Lipinski definition) is 1. The Kier molecular flexibility index (Phi) is 5.12. The molecule has 0 aliphatic rings. The quantitative estimate of drug-likeness (QED) is 0.785. The molecule has 0 saturated heterocycles. The lowest BCUT2D eigenvalue weighted by molar-refractivity contribution is -0.121. The van der Waals surface area contributed by atoms with Gasteiger partial charge in [-0.15, -0.1) is 0 Å². The minimum absolute atomic E-state index is 0.0540. The molecule has 0 radical (unpaired) electrons. The molecule has 0 bridgehead atoms. The van der Waals surface area contributed by atoms with E-state index in [1.807, 2.05) is 23.0 Å². The molecule has 2 rings (SSSR count). The van der Waals surface area contributed by atoms with Gasteiger partial charge in [0.25, 0.3) is 0 Å². The first-order valence-corrected chi connectivity index (χ1v) is 6.89. The van der Waals surface area contributed by atoms with Crippen molar-refractivity contribution < 1.29 is 9.53 Å². The Bertz CT molecular complexity index is 578. The van der Waals surface area contributed by atoms with E-state index in [2.05, 4.69) is 23.4 Å². The maximum atomic E-state index is 11.7. The summed E-state index contributed by atoms with van der Waals surface area (Å²) < 4.78 is 6.84. The number of ether oxygens (including phenoxy) is 1. The van der Waals surface area contributed by atoms with Gasteiger partial charge in [-0.05, 0) is 18.9 Å². The minimum atomic E-state index is 0.0540. The average molecular weight is 275 g/mol. The number of aromatic nitrogens is 2. The lowest BCUT2D eigenvalue weighted by atomic mass is 10.2. The third-order valence-electron chi connectivity index (χ3n) is 3.26. The Morgan fingerprint density at radius 1 is 1.45 bits per heavy atom. The fourth-order valence-corrected chi connectivity index (χ4v) is 2.24. The van der Waals surface area contributed by atoms with Gasteiger partial charge >= 0.3 is 0 Å². The van der Waals surface area contributed by atoms with Crippen LogP contribution in [0.5, 0.6) is 0 Å². The van der Waals surface area contributed by atoms with Gasteiger partial charge in [-0.25, -0.2) is 0 Å². The molecule has 108 valence electrons. The van der Waals surface area contributed by atoms with Gasteiger partial charge in [0.2, 0.25) is 5.91 Å². The highest BCUT2D eigenvalue weighted by molar-refractivity contribution is 5.82. The van der Waals surface area contributed by atoms with Crippen LogP contribution in [0.1, 0.15) is 18.4 Å². The van der Waals surface area contributed by atoms with E-state index >= 15 is 0 Å². The summed E-state index contributed by atoms with van der Waals surface area (Å²) in [6.45, 7) is 3.99. The number of carbonyl (C=O) groups is 1. The predicted octanol–water partition coefficient (Wildman–Crippen LogP) is 1.89. The molecule has 0 aliphatic carbocycles. The molecule has 2 aromatic rings. The summed E-state index contributed by atoms with van der Waals surface area (Å²) in [5.74, 6) is 0.0540. The van der Waals surface area contributed by atoms with Crippen molar-refractivity contribution in [3.05, 3.63) is 30.0 Å². The van der Waals surface area contributed by atoms with Gasteiger partial charge in [-0.2, -0.15) is 5.10 Å². The number of fused-ring (bicyclic) bond motifs is 1. The predicted molar refractivity (Wildman–Crippen MR) is 78.6 cm³/mol. The van der Waals surface area contributed by atoms with Crippen LogP contribution >= 0.6 is 0 Å². The van der Waals surface area contributed by atoms with Gasteiger partial charge in [0, 0.05) is 32.1 Å². The first-order valence-electron chi connectivity index (χ1n) is 6.89. The molecule has 1 aromatic carbocycles. The highest BCUT2D eigenvalue weighted by Crippen LogP contribution is 2.17. The van der Waals surface area contributed by atoms with Gasteiger partial charge in [-0.1, -0.05) is 18.2 Å². The van der Waals surface area contributed by atoms with Crippen LogP contribution in [0.3, 0.4) is 0 Å². The lowest BCUT2D eigenvalue weighted by Gasteiger charge is -2.07. The number of aryl methyl sites for hydroxylation is 2. The van der Waals surface area contributed by atoms with E-state index in [0.29, 0.717) is 26.1 Å². The fourth-order valence-electron chi connectivity index (χ4n) is 2.24. The third-order valence-corrected chi connectivity index (χ3v) is 3.26. The van der Waals surface area contributed by atoms with E-state index in [1.54, 1.807) is 7.11 Å². The van der Waals surface area contributed by atoms with Crippen molar-refractivity contribution in [2.45, 2.75) is 26.3 Å². The number of methoxy groups -OCH3 is 1. The number of nitrogens with zero attached hydrogens (tertiary/aromatic N) is 2. The van der Waals surface area contributed by atoms with E-state index in [4.69, 9.17) is 4.74 Å². The van der Waals surface area contributed by atoms with E-state index in [1.165, 1.54) is 5.56 Å². The third kappa shape index (κ3) is 3.57. The molecule has 0 aliphatic heterocycles. The van der Waals surface area contributed by atoms with Crippen molar-refractivity contribution in [1.29, 1.82) is 0 Å². The van der Waals surface area contributed by atoms with E-state index in [9.17, 15) is 4.79 Å². The molecule has 0 atom stereocenters. The SMILES string of the molecule is COCCCNC(=O)CCn1ncc2cccc(C)c21. The number of benzene rings is 1. The normalized spacial score (nSPS) is 10.9. The van der Waals surface area contributed by atoms with Crippen LogP contribution in [0, 0.1) is 6.92 Å². The van der Waals surface area contributed by atoms with Gasteiger partial charge in [0.1, 0.15) is 0 Å². The number of para-hydroxylation sites is 1. The summed E-state index contributed by atoms with van der Waals surface area (Å²) in [6.07, 6.45) is 3.13. The summed E-state index contributed by atoms with van der Waals surface area (Å²) >= 11 is 0. The van der Waals surface area contributed by atoms with Crippen LogP contribution in [0.25, 0.3) is 10.9 Å². The van der Waals surface area contributed by atoms with Crippen molar-refractivity contribution in [1.82, 2.24) is 15.1 Å². The van der Waals surface area contributed by atoms with Crippen molar-refractivity contribution in [2.75, 3.05) is 20.3 Å². The van der Waals surface area contributed by atoms with Crippen molar-refractivity contribution in [3.8, 4) is 0 Å². The molecule has 0 saturated carbocycles. The largest absolute Gasteiger partial charge is 0.385 e. The summed E-state index contributed by atoms with van der Waals surface area (Å²) in [4.78, 5) is 11.7. The Labute approximate surface area is 118 Å². The smallest absolute Gasteiger partial charge is 0.221 e. The number of nitrogens with one attached hydrogen (secondary N) is 1. The second-order valence-corrected chi connectivity index (χ2v) is 4.83. The highest BCUT2D eigenvalue weighted by atomic mass is 16.5. The van der Waals surface area contributed by atoms with Crippen molar-refractivity contribution >= 4 is 16.8 Å². The van der Waals surface area contributed by atoms with Gasteiger partial charge < -0.3 is 10.1 Å². The summed E-state index contributed by atoms with van der Waals surface area (Å²) in [7, 11) is 1.66. The molecule has 1 aromatic heterocycles. The molecule has 1 N–H and O–H groups in total. The lowest BCUT2D eigenvalue weighted by Crippen LogP contribution is -2.26. The van der Waals surface area contributed by atoms with Crippen LogP contribution in [-0.4, -0.2) is 35.9 Å². The molecular formula is C15H21N3O2. The number of amides is 1. The second kappa shape index (κ2) is 7.05. The van der Waals surface area contributed by atoms with Crippen LogP contribution in [0.2, 0.25) is 0 Å². The van der Waals surface area contributed by atoms with Gasteiger partial charge in [0.05, 0.1) is 18.3 Å². The molecular weight excluding hydrogens is 254 g/mol. The molecule has 0 spiro atoms. The number of rotatable bonds is 7. The first kappa shape index (κ1) is 14.5. The van der Waals surface area contributed by atoms with Gasteiger partial charge in [-0.3, -0.25) is 9.48 Å². The molecule has 5 heteroatoms. The number of hydrogen-bond acceptors (Lipinski definition) is 3. The zero-order chi connectivity index (χ0) is 14.4. The monoisotopic (exact) mass is 275 g/mol. The summed E-state index contributed by atoms with van der Waals surface area (Å²) in [5, 5.41) is 8.35. The van der Waals surface area contributed by atoms with Crippen LogP contribution < -0.4 is 5.32 Å². The van der Waals surface area contributed by atoms with E-state index < -0.39 is 0 Å². The van der Waals surface area contributed by atoms with Crippen LogP contribution in [0.15, 0.2) is 24.4 Å². The molecule has 0 fully saturated rings. The maximum Gasteiger partial charge on any atom is 0.221 e. The van der Waals surface area contributed by atoms with Crippen molar-refractivity contribution in [3.63, 3.8) is 0 Å². The van der Waals surface area contributed by atoms with Crippen molar-refractivity contribution in [2.24, 2.45) is 0 Å². The van der Waals surface area contributed by atoms with Crippen LogP contribution in [-0.2, 0) is 16.1 Å². The topological polar surface area (TPSA) is 56.1 Å². The maximum absolute atomic E-state index is 11.7. The molecule has 1 heterocycles. The minimum Gasteiger partial charge on any atom is -0.385 e. The first-order chi connectivity index (χ1) is 9.72. The Hall–Kier alpha value is -1.88. The summed E-state index contributed by atoms with van der Waals surface area (Å²) in [5.41, 5.74) is 2.29. The fraction of sp³-hybridized carbons (Fsp3) is 0.467. The zero-order valence-electron chi connectivity index (χ0n) is 12.1. The molecule has 1 amide bonds. The number of carbonyl (C=O) groups excluding carboxylic acids is 1. The Morgan fingerprint density at radius 3 is 3.10 bits per heavy atom. The van der Waals surface area contributed by atoms with E-state index in [-0.39, 0.29) is 5.91 Å². The highest BCUT2D eigenvalue weighted by Gasteiger charge is 2.07. The second-order valence-electron chi connectivity index (χ2n) is 4.83. The van der Waals surface area contributed by atoms with Gasteiger partial charge in [0.15, 0.2) is 0 Å². The Morgan fingerprint density at radius 2 is 2.30 bits per heavy atom. The molecule has 20 heavy (non-hydrogen) atoms. The Balaban J connectivity index is 1.88.